The molecule has 10 heteroatoms. The van der Waals surface area contributed by atoms with Crippen LogP contribution in [0, 0.1) is 0 Å². The van der Waals surface area contributed by atoms with E-state index in [1.165, 1.54) is 12.1 Å². The quantitative estimate of drug-likeness (QED) is 0.780. The van der Waals surface area contributed by atoms with Crippen molar-refractivity contribution in [2.75, 3.05) is 17.7 Å². The van der Waals surface area contributed by atoms with Gasteiger partial charge in [0.2, 0.25) is 0 Å². The molecule has 1 amide bonds. The van der Waals surface area contributed by atoms with Crippen LogP contribution in [-0.4, -0.2) is 39.6 Å². The summed E-state index contributed by atoms with van der Waals surface area (Å²) in [5.41, 5.74) is 0.173. The van der Waals surface area contributed by atoms with Crippen LogP contribution in [0.15, 0.2) is 24.3 Å². The van der Waals surface area contributed by atoms with E-state index >= 15 is 0 Å². The zero-order valence-corrected chi connectivity index (χ0v) is 12.1. The fraction of sp³-hybridized carbons (Fsp3) is 0.417. The predicted molar refractivity (Wildman–Crippen MR) is 69.8 cm³/mol. The van der Waals surface area contributed by atoms with Gasteiger partial charge in [0.15, 0.2) is 6.10 Å². The van der Waals surface area contributed by atoms with Crippen LogP contribution < -0.4 is 9.64 Å². The summed E-state index contributed by atoms with van der Waals surface area (Å²) in [5.74, 6) is -1.10. The van der Waals surface area contributed by atoms with Crippen molar-refractivity contribution in [3.8, 4) is 5.75 Å². The number of nitrogens with zero attached hydrogens (tertiary/aromatic N) is 1. The van der Waals surface area contributed by atoms with Gasteiger partial charge in [-0.2, -0.15) is 8.42 Å². The van der Waals surface area contributed by atoms with Crippen molar-refractivity contribution in [2.45, 2.75) is 18.9 Å². The van der Waals surface area contributed by atoms with Crippen LogP contribution in [-0.2, 0) is 19.1 Å². The molecule has 6 nitrogen and oxygen atoms in total. The summed E-state index contributed by atoms with van der Waals surface area (Å²) in [6.07, 6.45) is -5.06. The Morgan fingerprint density at radius 1 is 1.32 bits per heavy atom. The van der Waals surface area contributed by atoms with Gasteiger partial charge in [0, 0.05) is 24.7 Å². The van der Waals surface area contributed by atoms with Crippen molar-refractivity contribution < 1.29 is 35.3 Å². The first-order valence-corrected chi connectivity index (χ1v) is 7.92. The van der Waals surface area contributed by atoms with Crippen molar-refractivity contribution in [2.24, 2.45) is 0 Å². The Morgan fingerprint density at radius 2 is 2.00 bits per heavy atom. The van der Waals surface area contributed by atoms with Crippen molar-refractivity contribution in [3.63, 3.8) is 0 Å². The van der Waals surface area contributed by atoms with E-state index in [9.17, 15) is 26.4 Å². The zero-order chi connectivity index (χ0) is 16.5. The molecule has 0 N–H and O–H groups in total. The normalized spacial score (nSPS) is 19.5. The van der Waals surface area contributed by atoms with Crippen molar-refractivity contribution in [3.05, 3.63) is 24.3 Å². The van der Waals surface area contributed by atoms with Gasteiger partial charge in [-0.25, -0.2) is 0 Å². The molecule has 1 fully saturated rings. The minimum atomic E-state index is -4.84. The molecule has 122 valence electrons. The molecule has 0 aliphatic carbocycles. The van der Waals surface area contributed by atoms with Gasteiger partial charge in [-0.05, 0) is 12.1 Å². The highest BCUT2D eigenvalue weighted by Crippen LogP contribution is 2.29. The van der Waals surface area contributed by atoms with Crippen molar-refractivity contribution in [1.82, 2.24) is 0 Å². The number of carbonyl (C=O) groups is 1. The molecular formula is C12H12F3NO5S. The number of carbonyl (C=O) groups excluding carboxylic acids is 1. The molecule has 1 aliphatic rings. The van der Waals surface area contributed by atoms with E-state index in [-0.39, 0.29) is 18.7 Å². The lowest BCUT2D eigenvalue weighted by Crippen LogP contribution is -2.31. The lowest BCUT2D eigenvalue weighted by Gasteiger charge is -2.18. The Balaban J connectivity index is 2.16. The molecule has 0 saturated carbocycles. The molecule has 22 heavy (non-hydrogen) atoms. The van der Waals surface area contributed by atoms with Gasteiger partial charge in [-0.3, -0.25) is 8.98 Å². The molecule has 0 radical (unpaired) electrons. The third kappa shape index (κ3) is 4.34. The summed E-state index contributed by atoms with van der Waals surface area (Å²) >= 11 is 0. The van der Waals surface area contributed by atoms with Crippen LogP contribution in [0.4, 0.5) is 18.9 Å². The molecule has 2 rings (SSSR count). The number of benzene rings is 1. The highest BCUT2D eigenvalue weighted by molar-refractivity contribution is 7.86. The van der Waals surface area contributed by atoms with Crippen LogP contribution in [0.1, 0.15) is 6.42 Å². The highest BCUT2D eigenvalue weighted by atomic mass is 32.2. The second kappa shape index (κ2) is 5.76. The average Bonchev–Trinajstić information content (AvgIpc) is 2.67. The molecule has 0 spiro atoms. The predicted octanol–water partition coefficient (Wildman–Crippen LogP) is 1.67. The number of anilines is 1. The highest BCUT2D eigenvalue weighted by Gasteiger charge is 2.36. The van der Waals surface area contributed by atoms with E-state index in [0.717, 1.165) is 23.3 Å². The Labute approximate surface area is 124 Å². The summed E-state index contributed by atoms with van der Waals surface area (Å²) in [4.78, 5) is 13.2. The van der Waals surface area contributed by atoms with Gasteiger partial charge in [0.1, 0.15) is 5.75 Å². The molecule has 0 bridgehead atoms. The maximum Gasteiger partial charge on any atom is 0.573 e. The standard InChI is InChI=1S/C12H12F3NO5S/c1-22(18,19)21-10-5-6-16(11(10)17)8-3-2-4-9(7-8)20-12(13,14)15/h2-4,7,10H,5-6H2,1H3/t10-/m1/s1. The van der Waals surface area contributed by atoms with Gasteiger partial charge in [0.05, 0.1) is 6.26 Å². The fourth-order valence-electron chi connectivity index (χ4n) is 2.06. The van der Waals surface area contributed by atoms with Gasteiger partial charge < -0.3 is 9.64 Å². The Kier molecular flexibility index (Phi) is 4.34. The monoisotopic (exact) mass is 339 g/mol. The van der Waals surface area contributed by atoms with Crippen molar-refractivity contribution >= 4 is 21.7 Å². The number of amides is 1. The second-order valence-electron chi connectivity index (χ2n) is 4.61. The smallest absolute Gasteiger partial charge is 0.406 e. The lowest BCUT2D eigenvalue weighted by molar-refractivity contribution is -0.274. The third-order valence-corrected chi connectivity index (χ3v) is 3.39. The largest absolute Gasteiger partial charge is 0.573 e. The SMILES string of the molecule is CS(=O)(=O)O[C@@H]1CCN(c2cccc(OC(F)(F)F)c2)C1=O. The molecule has 1 aliphatic heterocycles. The summed E-state index contributed by atoms with van der Waals surface area (Å²) in [6.45, 7) is 0.133. The summed E-state index contributed by atoms with van der Waals surface area (Å²) in [6, 6.07) is 4.87. The van der Waals surface area contributed by atoms with E-state index in [1.54, 1.807) is 0 Å². The molecule has 1 saturated heterocycles. The summed E-state index contributed by atoms with van der Waals surface area (Å²) < 4.78 is 67.1. The van der Waals surface area contributed by atoms with E-state index < -0.39 is 34.2 Å². The topological polar surface area (TPSA) is 72.9 Å². The molecule has 1 aromatic rings. The number of alkyl halides is 3. The van der Waals surface area contributed by atoms with Gasteiger partial charge in [-0.1, -0.05) is 6.07 Å². The van der Waals surface area contributed by atoms with Crippen LogP contribution in [0.5, 0.6) is 5.75 Å². The number of ether oxygens (including phenoxy) is 1. The first-order valence-electron chi connectivity index (χ1n) is 6.11. The minimum Gasteiger partial charge on any atom is -0.406 e. The van der Waals surface area contributed by atoms with Crippen LogP contribution in [0.25, 0.3) is 0 Å². The Hall–Kier alpha value is -1.81. The maximum atomic E-state index is 12.2. The van der Waals surface area contributed by atoms with Gasteiger partial charge >= 0.3 is 6.36 Å². The Bertz CT molecular complexity index is 674. The number of rotatable bonds is 4. The first kappa shape index (κ1) is 16.6. The molecule has 0 unspecified atom stereocenters. The summed E-state index contributed by atoms with van der Waals surface area (Å²) in [7, 11) is -3.80. The molecule has 1 atom stereocenters. The third-order valence-electron chi connectivity index (χ3n) is 2.81. The lowest BCUT2D eigenvalue weighted by atomic mass is 10.3. The molecule has 1 heterocycles. The fourth-order valence-corrected chi connectivity index (χ4v) is 2.66. The van der Waals surface area contributed by atoms with Crippen molar-refractivity contribution in [1.29, 1.82) is 0 Å². The van der Waals surface area contributed by atoms with E-state index in [1.807, 2.05) is 0 Å². The molecule has 1 aromatic carbocycles. The molecular weight excluding hydrogens is 327 g/mol. The molecule has 0 aromatic heterocycles. The van der Waals surface area contributed by atoms with Crippen LogP contribution in [0.3, 0.4) is 0 Å². The minimum absolute atomic E-state index is 0.121. The summed E-state index contributed by atoms with van der Waals surface area (Å²) in [5, 5.41) is 0. The Morgan fingerprint density at radius 3 is 2.59 bits per heavy atom. The van der Waals surface area contributed by atoms with E-state index in [2.05, 4.69) is 8.92 Å². The number of hydrogen-bond acceptors (Lipinski definition) is 5. The van der Waals surface area contributed by atoms with E-state index in [4.69, 9.17) is 0 Å². The second-order valence-corrected chi connectivity index (χ2v) is 6.21. The zero-order valence-electron chi connectivity index (χ0n) is 11.3. The van der Waals surface area contributed by atoms with Crippen LogP contribution in [0.2, 0.25) is 0 Å². The number of hydrogen-bond donors (Lipinski definition) is 0. The van der Waals surface area contributed by atoms with Gasteiger partial charge in [-0.15, -0.1) is 13.2 Å². The van der Waals surface area contributed by atoms with E-state index in [0.29, 0.717) is 0 Å². The number of halogens is 3. The first-order chi connectivity index (χ1) is 10.1. The average molecular weight is 339 g/mol. The van der Waals surface area contributed by atoms with Crippen LogP contribution >= 0.6 is 0 Å². The maximum absolute atomic E-state index is 12.2. The van der Waals surface area contributed by atoms with Gasteiger partial charge in [0.25, 0.3) is 16.0 Å².